The molecule has 0 spiro atoms. The predicted octanol–water partition coefficient (Wildman–Crippen LogP) is 3.30. The van der Waals surface area contributed by atoms with Gasteiger partial charge in [0.05, 0.1) is 4.90 Å². The summed E-state index contributed by atoms with van der Waals surface area (Å²) in [4.78, 5) is 14.9. The van der Waals surface area contributed by atoms with E-state index < -0.39 is 10.0 Å². The van der Waals surface area contributed by atoms with E-state index in [1.165, 1.54) is 6.42 Å². The lowest BCUT2D eigenvalue weighted by molar-refractivity contribution is -0.133. The molecule has 2 saturated heterocycles. The number of aryl methyl sites for hydroxylation is 1. The molecule has 150 valence electrons. The number of rotatable bonds is 5. The van der Waals surface area contributed by atoms with Crippen LogP contribution in [0.1, 0.15) is 51.5 Å². The number of hydrogen-bond donors (Lipinski definition) is 0. The number of nitrogens with zero attached hydrogens (tertiary/aromatic N) is 2. The van der Waals surface area contributed by atoms with Crippen molar-refractivity contribution in [3.63, 3.8) is 0 Å². The molecule has 6 heteroatoms. The molecule has 0 bridgehead atoms. The number of carbonyl (C=O) groups is 1. The van der Waals surface area contributed by atoms with Gasteiger partial charge in [-0.3, -0.25) is 4.79 Å². The van der Waals surface area contributed by atoms with Crippen LogP contribution in [0.2, 0.25) is 0 Å². The van der Waals surface area contributed by atoms with Gasteiger partial charge < -0.3 is 4.90 Å². The van der Waals surface area contributed by atoms with E-state index >= 15 is 0 Å². The van der Waals surface area contributed by atoms with Crippen molar-refractivity contribution in [2.75, 3.05) is 26.2 Å². The van der Waals surface area contributed by atoms with Gasteiger partial charge in [0, 0.05) is 32.6 Å². The Kier molecular flexibility index (Phi) is 6.58. The molecule has 1 aromatic rings. The zero-order valence-corrected chi connectivity index (χ0v) is 17.4. The third-order valence-electron chi connectivity index (χ3n) is 5.73. The molecular formula is C21H32N2O3S. The van der Waals surface area contributed by atoms with E-state index in [0.717, 1.165) is 37.9 Å². The highest BCUT2D eigenvalue weighted by molar-refractivity contribution is 7.89. The van der Waals surface area contributed by atoms with Crippen LogP contribution in [0.25, 0.3) is 0 Å². The summed E-state index contributed by atoms with van der Waals surface area (Å²) in [5, 5.41) is 0. The summed E-state index contributed by atoms with van der Waals surface area (Å²) in [5.74, 6) is 1.34. The van der Waals surface area contributed by atoms with Crippen molar-refractivity contribution in [3.05, 3.63) is 29.8 Å². The van der Waals surface area contributed by atoms with Gasteiger partial charge in [0.2, 0.25) is 15.9 Å². The Bertz CT molecular complexity index is 729. The largest absolute Gasteiger partial charge is 0.342 e. The molecule has 0 aliphatic carbocycles. The van der Waals surface area contributed by atoms with Crippen LogP contribution < -0.4 is 0 Å². The highest BCUT2D eigenvalue weighted by Crippen LogP contribution is 2.23. The second-order valence-corrected chi connectivity index (χ2v) is 10.3. The fourth-order valence-electron chi connectivity index (χ4n) is 4.36. The number of likely N-dealkylation sites (tertiary alicyclic amines) is 1. The smallest absolute Gasteiger partial charge is 0.243 e. The Morgan fingerprint density at radius 1 is 1.00 bits per heavy atom. The molecule has 1 amide bonds. The second kappa shape index (κ2) is 8.74. The predicted molar refractivity (Wildman–Crippen MR) is 107 cm³/mol. The van der Waals surface area contributed by atoms with Gasteiger partial charge in [-0.15, -0.1) is 0 Å². The summed E-state index contributed by atoms with van der Waals surface area (Å²) >= 11 is 0. The summed E-state index contributed by atoms with van der Waals surface area (Å²) < 4.78 is 27.0. The molecule has 0 radical (unpaired) electrons. The number of hydrogen-bond acceptors (Lipinski definition) is 3. The minimum atomic E-state index is -3.38. The lowest BCUT2D eigenvalue weighted by Gasteiger charge is -2.35. The third-order valence-corrected chi connectivity index (χ3v) is 7.64. The van der Waals surface area contributed by atoms with E-state index in [0.29, 0.717) is 42.7 Å². The van der Waals surface area contributed by atoms with Crippen LogP contribution in [-0.2, 0) is 21.2 Å². The molecule has 2 aliphatic heterocycles. The maximum atomic E-state index is 12.7. The molecule has 3 rings (SSSR count). The summed E-state index contributed by atoms with van der Waals surface area (Å²) in [6.45, 7) is 7.36. The van der Waals surface area contributed by atoms with E-state index in [1.807, 2.05) is 17.0 Å². The molecule has 2 fully saturated rings. The quantitative estimate of drug-likeness (QED) is 0.772. The first-order valence-electron chi connectivity index (χ1n) is 10.2. The molecule has 2 heterocycles. The van der Waals surface area contributed by atoms with Crippen LogP contribution >= 0.6 is 0 Å². The number of piperidine rings is 2. The summed E-state index contributed by atoms with van der Waals surface area (Å²) in [6, 6.07) is 7.08. The van der Waals surface area contributed by atoms with E-state index in [4.69, 9.17) is 0 Å². The van der Waals surface area contributed by atoms with Crippen LogP contribution in [0.4, 0.5) is 0 Å². The topological polar surface area (TPSA) is 57.7 Å². The minimum absolute atomic E-state index is 0.207. The van der Waals surface area contributed by atoms with Crippen LogP contribution in [0.3, 0.4) is 0 Å². The average Bonchev–Trinajstić information content (AvgIpc) is 2.66. The van der Waals surface area contributed by atoms with Gasteiger partial charge in [-0.1, -0.05) is 32.4 Å². The van der Waals surface area contributed by atoms with Crippen molar-refractivity contribution in [2.45, 2.75) is 57.3 Å². The highest BCUT2D eigenvalue weighted by atomic mass is 32.2. The van der Waals surface area contributed by atoms with Crippen molar-refractivity contribution in [1.82, 2.24) is 9.21 Å². The van der Waals surface area contributed by atoms with E-state index in [1.54, 1.807) is 16.4 Å². The van der Waals surface area contributed by atoms with Gasteiger partial charge in [0.1, 0.15) is 0 Å². The monoisotopic (exact) mass is 392 g/mol. The van der Waals surface area contributed by atoms with Crippen LogP contribution in [-0.4, -0.2) is 49.7 Å². The zero-order chi connectivity index (χ0) is 19.4. The zero-order valence-electron chi connectivity index (χ0n) is 16.6. The van der Waals surface area contributed by atoms with Crippen LogP contribution in [0.15, 0.2) is 29.2 Å². The normalized spacial score (nSPS) is 24.7. The maximum absolute atomic E-state index is 12.7. The summed E-state index contributed by atoms with van der Waals surface area (Å²) in [5.41, 5.74) is 1.01. The first-order chi connectivity index (χ1) is 12.9. The number of amides is 1. The fourth-order valence-corrected chi connectivity index (χ4v) is 5.88. The Balaban J connectivity index is 1.57. The first-order valence-corrected chi connectivity index (χ1v) is 11.7. The molecule has 0 N–H and O–H groups in total. The Labute approximate surface area is 163 Å². The molecular weight excluding hydrogens is 360 g/mol. The van der Waals surface area contributed by atoms with Crippen LogP contribution in [0, 0.1) is 11.8 Å². The van der Waals surface area contributed by atoms with Gasteiger partial charge in [0.25, 0.3) is 0 Å². The molecule has 2 atom stereocenters. The Hall–Kier alpha value is -1.40. The fraction of sp³-hybridized carbons (Fsp3) is 0.667. The maximum Gasteiger partial charge on any atom is 0.243 e. The van der Waals surface area contributed by atoms with E-state index in [-0.39, 0.29) is 5.91 Å². The highest BCUT2D eigenvalue weighted by Gasteiger charge is 2.26. The lowest BCUT2D eigenvalue weighted by Crippen LogP contribution is -2.42. The average molecular weight is 393 g/mol. The number of benzene rings is 1. The van der Waals surface area contributed by atoms with Gasteiger partial charge in [-0.2, -0.15) is 4.31 Å². The van der Waals surface area contributed by atoms with Crippen molar-refractivity contribution >= 4 is 15.9 Å². The molecule has 1 aromatic carbocycles. The van der Waals surface area contributed by atoms with Crippen molar-refractivity contribution in [1.29, 1.82) is 0 Å². The van der Waals surface area contributed by atoms with Gasteiger partial charge in [-0.05, 0) is 55.2 Å². The molecule has 27 heavy (non-hydrogen) atoms. The lowest BCUT2D eigenvalue weighted by atomic mass is 9.91. The standard InChI is InChI=1S/C21H32N2O3S/c1-17-14-18(2)16-22(15-17)21(24)11-8-19-6-9-20(10-7-19)27(25,26)23-12-4-3-5-13-23/h6-7,9-10,17-18H,3-5,8,11-16H2,1-2H3. The van der Waals surface area contributed by atoms with Crippen molar-refractivity contribution in [3.8, 4) is 0 Å². The Morgan fingerprint density at radius 3 is 2.19 bits per heavy atom. The molecule has 2 aliphatic rings. The summed E-state index contributed by atoms with van der Waals surface area (Å²) in [6.07, 6.45) is 5.31. The minimum Gasteiger partial charge on any atom is -0.342 e. The first kappa shape index (κ1) is 20.3. The van der Waals surface area contributed by atoms with Crippen molar-refractivity contribution in [2.24, 2.45) is 11.8 Å². The second-order valence-electron chi connectivity index (χ2n) is 8.35. The van der Waals surface area contributed by atoms with E-state index in [9.17, 15) is 13.2 Å². The number of carbonyl (C=O) groups excluding carboxylic acids is 1. The third kappa shape index (κ3) is 5.11. The molecule has 5 nitrogen and oxygen atoms in total. The molecule has 0 aromatic heterocycles. The molecule has 0 saturated carbocycles. The van der Waals surface area contributed by atoms with Gasteiger partial charge in [0.15, 0.2) is 0 Å². The van der Waals surface area contributed by atoms with Gasteiger partial charge >= 0.3 is 0 Å². The van der Waals surface area contributed by atoms with Gasteiger partial charge in [-0.25, -0.2) is 8.42 Å². The molecule has 2 unspecified atom stereocenters. The SMILES string of the molecule is CC1CC(C)CN(C(=O)CCc2ccc(S(=O)(=O)N3CCCCC3)cc2)C1. The van der Waals surface area contributed by atoms with Crippen LogP contribution in [0.5, 0.6) is 0 Å². The van der Waals surface area contributed by atoms with E-state index in [2.05, 4.69) is 13.8 Å². The van der Waals surface area contributed by atoms with Crippen molar-refractivity contribution < 1.29 is 13.2 Å². The Morgan fingerprint density at radius 2 is 1.59 bits per heavy atom. The number of sulfonamides is 1. The summed E-state index contributed by atoms with van der Waals surface area (Å²) in [7, 11) is -3.38.